The van der Waals surface area contributed by atoms with E-state index < -0.39 is 18.2 Å². The Balaban J connectivity index is 3.54. The predicted molar refractivity (Wildman–Crippen MR) is 93.9 cm³/mol. The number of rotatable bonds is 14. The molecule has 0 aliphatic carbocycles. The van der Waals surface area contributed by atoms with Gasteiger partial charge in [0.2, 0.25) is 0 Å². The van der Waals surface area contributed by atoms with Crippen LogP contribution in [-0.2, 0) is 9.53 Å². The molecule has 0 saturated heterocycles. The molecule has 0 fully saturated rings. The molecule has 0 heterocycles. The van der Waals surface area contributed by atoms with E-state index >= 15 is 0 Å². The number of carbonyl (C=O) groups excluding carboxylic acids is 1. The highest BCUT2D eigenvalue weighted by Gasteiger charge is 2.00. The van der Waals surface area contributed by atoms with Crippen molar-refractivity contribution in [2.45, 2.75) is 64.4 Å². The Morgan fingerprint density at radius 2 is 1.92 bits per heavy atom. The fourth-order valence-corrected chi connectivity index (χ4v) is 1.95. The van der Waals surface area contributed by atoms with E-state index in [1.165, 1.54) is 0 Å². The van der Waals surface area contributed by atoms with Crippen molar-refractivity contribution in [3.8, 4) is 0 Å². The third kappa shape index (κ3) is 16.5. The van der Waals surface area contributed by atoms with Gasteiger partial charge in [-0.25, -0.2) is 4.79 Å². The molecule has 6 heteroatoms. The first-order chi connectivity index (χ1) is 11.6. The van der Waals surface area contributed by atoms with Crippen molar-refractivity contribution in [1.82, 2.24) is 5.32 Å². The molecule has 0 aromatic carbocycles. The average molecular weight is 341 g/mol. The lowest BCUT2D eigenvalue weighted by atomic mass is 10.1. The molecule has 0 unspecified atom stereocenters. The van der Waals surface area contributed by atoms with Crippen molar-refractivity contribution < 1.29 is 24.5 Å². The lowest BCUT2D eigenvalue weighted by molar-refractivity contribution is -0.137. The maximum Gasteiger partial charge on any atom is 0.407 e. The molecule has 0 saturated carbocycles. The van der Waals surface area contributed by atoms with Crippen molar-refractivity contribution in [2.75, 3.05) is 13.2 Å². The standard InChI is InChI=1S/C18H31NO5/c1-2-3-6-11-16(20)12-7-4-9-14-19-18(23)24-15-10-5-8-13-17(21)22/h4,7,9,12,16,20H,2-3,5-6,8,10-11,13-15H2,1H3,(H,19,23)(H,21,22)/b9-4-,12-7+/t16-/m1/s1. The second-order valence-corrected chi connectivity index (χ2v) is 5.60. The number of allylic oxidation sites excluding steroid dienone is 2. The van der Waals surface area contributed by atoms with Crippen molar-refractivity contribution in [2.24, 2.45) is 0 Å². The lowest BCUT2D eigenvalue weighted by Crippen LogP contribution is -2.24. The number of alkyl carbamates (subject to hydrolysis) is 1. The van der Waals surface area contributed by atoms with Gasteiger partial charge in [-0.1, -0.05) is 50.5 Å². The average Bonchev–Trinajstić information content (AvgIpc) is 2.54. The summed E-state index contributed by atoms with van der Waals surface area (Å²) in [5.74, 6) is -0.803. The fraction of sp³-hybridized carbons (Fsp3) is 0.667. The molecule has 138 valence electrons. The Morgan fingerprint density at radius 1 is 1.12 bits per heavy atom. The SMILES string of the molecule is CCCCC[C@@H](O)/C=C/C=C\CNC(=O)OCCCCCC(=O)O. The minimum absolute atomic E-state index is 0.151. The monoisotopic (exact) mass is 341 g/mol. The van der Waals surface area contributed by atoms with E-state index in [9.17, 15) is 14.7 Å². The highest BCUT2D eigenvalue weighted by Crippen LogP contribution is 2.04. The zero-order valence-corrected chi connectivity index (χ0v) is 14.6. The van der Waals surface area contributed by atoms with E-state index in [1.807, 2.05) is 0 Å². The Kier molecular flexibility index (Phi) is 14.8. The molecule has 0 aliphatic heterocycles. The van der Waals surface area contributed by atoms with Gasteiger partial charge in [-0.3, -0.25) is 4.79 Å². The van der Waals surface area contributed by atoms with Crippen molar-refractivity contribution in [3.63, 3.8) is 0 Å². The largest absolute Gasteiger partial charge is 0.481 e. The second-order valence-electron chi connectivity index (χ2n) is 5.60. The first-order valence-electron chi connectivity index (χ1n) is 8.70. The van der Waals surface area contributed by atoms with Crippen LogP contribution in [0.2, 0.25) is 0 Å². The fourth-order valence-electron chi connectivity index (χ4n) is 1.95. The summed E-state index contributed by atoms with van der Waals surface area (Å²) in [7, 11) is 0. The quantitative estimate of drug-likeness (QED) is 0.332. The highest BCUT2D eigenvalue weighted by atomic mass is 16.5. The van der Waals surface area contributed by atoms with Crippen molar-refractivity contribution in [3.05, 3.63) is 24.3 Å². The van der Waals surface area contributed by atoms with Gasteiger partial charge in [-0.05, 0) is 25.7 Å². The Labute approximate surface area is 144 Å². The van der Waals surface area contributed by atoms with Gasteiger partial charge in [0.05, 0.1) is 12.7 Å². The van der Waals surface area contributed by atoms with Gasteiger partial charge in [-0.2, -0.15) is 0 Å². The van der Waals surface area contributed by atoms with Crippen LogP contribution in [0.5, 0.6) is 0 Å². The molecule has 0 aliphatic rings. The highest BCUT2D eigenvalue weighted by molar-refractivity contribution is 5.67. The molecule has 0 aromatic heterocycles. The molecular formula is C18H31NO5. The summed E-state index contributed by atoms with van der Waals surface area (Å²) in [6, 6.07) is 0. The van der Waals surface area contributed by atoms with Gasteiger partial charge in [0.15, 0.2) is 0 Å². The van der Waals surface area contributed by atoms with E-state index in [-0.39, 0.29) is 6.42 Å². The lowest BCUT2D eigenvalue weighted by Gasteiger charge is -2.04. The van der Waals surface area contributed by atoms with Gasteiger partial charge in [-0.15, -0.1) is 0 Å². The summed E-state index contributed by atoms with van der Waals surface area (Å²) in [6.07, 6.45) is 12.4. The number of carboxylic acids is 1. The number of nitrogens with one attached hydrogen (secondary N) is 1. The minimum Gasteiger partial charge on any atom is -0.481 e. The number of ether oxygens (including phenoxy) is 1. The number of carbonyl (C=O) groups is 2. The number of amides is 1. The van der Waals surface area contributed by atoms with Gasteiger partial charge in [0, 0.05) is 13.0 Å². The van der Waals surface area contributed by atoms with Gasteiger partial charge in [0.1, 0.15) is 0 Å². The normalized spacial score (nSPS) is 12.6. The predicted octanol–water partition coefficient (Wildman–Crippen LogP) is 3.41. The maximum atomic E-state index is 11.4. The van der Waals surface area contributed by atoms with Crippen LogP contribution in [-0.4, -0.2) is 41.5 Å². The van der Waals surface area contributed by atoms with E-state index in [0.29, 0.717) is 26.0 Å². The van der Waals surface area contributed by atoms with E-state index in [4.69, 9.17) is 9.84 Å². The third-order valence-electron chi connectivity index (χ3n) is 3.32. The van der Waals surface area contributed by atoms with Crippen LogP contribution in [0.4, 0.5) is 4.79 Å². The van der Waals surface area contributed by atoms with Crippen LogP contribution < -0.4 is 5.32 Å². The summed E-state index contributed by atoms with van der Waals surface area (Å²) in [5, 5.41) is 20.7. The maximum absolute atomic E-state index is 11.4. The number of aliphatic hydroxyl groups is 1. The van der Waals surface area contributed by atoms with E-state index in [0.717, 1.165) is 32.1 Å². The molecule has 24 heavy (non-hydrogen) atoms. The van der Waals surface area contributed by atoms with Gasteiger partial charge >= 0.3 is 12.1 Å². The third-order valence-corrected chi connectivity index (χ3v) is 3.32. The van der Waals surface area contributed by atoms with Crippen LogP contribution in [0.1, 0.15) is 58.3 Å². The molecular weight excluding hydrogens is 310 g/mol. The number of aliphatic hydroxyl groups excluding tert-OH is 1. The summed E-state index contributed by atoms with van der Waals surface area (Å²) >= 11 is 0. The molecule has 1 atom stereocenters. The molecule has 6 nitrogen and oxygen atoms in total. The second kappa shape index (κ2) is 16.1. The molecule has 0 spiro atoms. The smallest absolute Gasteiger partial charge is 0.407 e. The number of hydrogen-bond acceptors (Lipinski definition) is 4. The van der Waals surface area contributed by atoms with E-state index in [2.05, 4.69) is 12.2 Å². The number of aliphatic carboxylic acids is 1. The number of hydrogen-bond donors (Lipinski definition) is 3. The number of carboxylic acid groups (broad SMARTS) is 1. The van der Waals surface area contributed by atoms with Crippen LogP contribution in [0, 0.1) is 0 Å². The Morgan fingerprint density at radius 3 is 2.62 bits per heavy atom. The van der Waals surface area contributed by atoms with Crippen LogP contribution in [0.15, 0.2) is 24.3 Å². The molecule has 0 rings (SSSR count). The van der Waals surface area contributed by atoms with Gasteiger partial charge in [0.25, 0.3) is 0 Å². The number of unbranched alkanes of at least 4 members (excludes halogenated alkanes) is 4. The first-order valence-corrected chi connectivity index (χ1v) is 8.70. The first kappa shape index (κ1) is 22.2. The summed E-state index contributed by atoms with van der Waals surface area (Å²) in [4.78, 5) is 21.7. The minimum atomic E-state index is -0.803. The van der Waals surface area contributed by atoms with Crippen molar-refractivity contribution in [1.29, 1.82) is 0 Å². The van der Waals surface area contributed by atoms with Crippen LogP contribution in [0.3, 0.4) is 0 Å². The summed E-state index contributed by atoms with van der Waals surface area (Å²) in [5.41, 5.74) is 0. The van der Waals surface area contributed by atoms with Crippen molar-refractivity contribution >= 4 is 12.1 Å². The molecule has 1 amide bonds. The zero-order valence-electron chi connectivity index (χ0n) is 14.6. The zero-order chi connectivity index (χ0) is 18.0. The molecule has 0 radical (unpaired) electrons. The molecule has 0 aromatic rings. The Hall–Kier alpha value is -1.82. The van der Waals surface area contributed by atoms with Gasteiger partial charge < -0.3 is 20.3 Å². The summed E-state index contributed by atoms with van der Waals surface area (Å²) in [6.45, 7) is 2.77. The summed E-state index contributed by atoms with van der Waals surface area (Å²) < 4.78 is 4.96. The van der Waals surface area contributed by atoms with E-state index in [1.54, 1.807) is 24.3 Å². The topological polar surface area (TPSA) is 95.9 Å². The van der Waals surface area contributed by atoms with Crippen LogP contribution in [0.25, 0.3) is 0 Å². The molecule has 0 bridgehead atoms. The Bertz CT molecular complexity index is 393. The molecule has 3 N–H and O–H groups in total. The van der Waals surface area contributed by atoms with Crippen LogP contribution >= 0.6 is 0 Å².